The fourth-order valence-corrected chi connectivity index (χ4v) is 13.0. The number of nitrogens with zero attached hydrogens (tertiary/aromatic N) is 4. The van der Waals surface area contributed by atoms with Crippen molar-refractivity contribution in [1.82, 2.24) is 19.5 Å². The summed E-state index contributed by atoms with van der Waals surface area (Å²) in [5.41, 5.74) is 10.7. The molecule has 0 saturated heterocycles. The third-order valence-corrected chi connectivity index (χ3v) is 15.5. The second kappa shape index (κ2) is 14.3. The van der Waals surface area contributed by atoms with Crippen molar-refractivity contribution < 1.29 is 0 Å². The lowest BCUT2D eigenvalue weighted by atomic mass is 9.48. The third-order valence-electron chi connectivity index (χ3n) is 15.5. The maximum atomic E-state index is 5.38. The lowest BCUT2D eigenvalue weighted by molar-refractivity contribution is -0.00518. The van der Waals surface area contributed by atoms with Crippen molar-refractivity contribution >= 4 is 54.1 Å². The molecule has 310 valence electrons. The molecular formula is C61H46N4. The minimum Gasteiger partial charge on any atom is -0.309 e. The highest BCUT2D eigenvalue weighted by molar-refractivity contribution is 6.18. The van der Waals surface area contributed by atoms with Crippen molar-refractivity contribution in [3.63, 3.8) is 0 Å². The molecule has 0 atom stereocenters. The van der Waals surface area contributed by atoms with Gasteiger partial charge in [-0.25, -0.2) is 15.0 Å². The van der Waals surface area contributed by atoms with E-state index in [9.17, 15) is 0 Å². The van der Waals surface area contributed by atoms with E-state index < -0.39 is 0 Å². The third kappa shape index (κ3) is 6.00. The summed E-state index contributed by atoms with van der Waals surface area (Å²) in [7, 11) is 0. The maximum Gasteiger partial charge on any atom is 0.164 e. The monoisotopic (exact) mass is 834 g/mol. The number of aromatic nitrogens is 4. The predicted molar refractivity (Wildman–Crippen MR) is 268 cm³/mol. The molecule has 0 N–H and O–H groups in total. The van der Waals surface area contributed by atoms with Crippen LogP contribution in [0.1, 0.15) is 44.1 Å². The van der Waals surface area contributed by atoms with Crippen LogP contribution in [0.3, 0.4) is 0 Å². The Hall–Kier alpha value is -7.43. The van der Waals surface area contributed by atoms with Crippen LogP contribution in [0.15, 0.2) is 188 Å². The Morgan fingerprint density at radius 3 is 1.49 bits per heavy atom. The van der Waals surface area contributed by atoms with Gasteiger partial charge in [0.1, 0.15) is 0 Å². The molecule has 4 aliphatic rings. The maximum absolute atomic E-state index is 5.38. The van der Waals surface area contributed by atoms with Gasteiger partial charge in [0.25, 0.3) is 0 Å². The van der Waals surface area contributed by atoms with Crippen LogP contribution in [0, 0.1) is 17.8 Å². The fraction of sp³-hybridized carbons (Fsp3) is 0.164. The van der Waals surface area contributed by atoms with Gasteiger partial charge < -0.3 is 4.57 Å². The van der Waals surface area contributed by atoms with Crippen LogP contribution in [0.25, 0.3) is 105 Å². The average molecular weight is 835 g/mol. The van der Waals surface area contributed by atoms with E-state index in [4.69, 9.17) is 15.0 Å². The number of hydrogen-bond acceptors (Lipinski definition) is 3. The lowest BCUT2D eigenvalue weighted by Crippen LogP contribution is -2.48. The molecule has 0 radical (unpaired) electrons. The number of benzene rings is 9. The van der Waals surface area contributed by atoms with E-state index in [0.29, 0.717) is 22.9 Å². The first-order chi connectivity index (χ1) is 32.1. The summed E-state index contributed by atoms with van der Waals surface area (Å²) in [6.07, 6.45) is 8.49. The zero-order valence-electron chi connectivity index (χ0n) is 36.2. The van der Waals surface area contributed by atoms with Gasteiger partial charge in [0.2, 0.25) is 0 Å². The van der Waals surface area contributed by atoms with Gasteiger partial charge in [-0.05, 0) is 135 Å². The first-order valence-corrected chi connectivity index (χ1v) is 23.5. The van der Waals surface area contributed by atoms with Gasteiger partial charge in [-0.3, -0.25) is 0 Å². The molecule has 0 spiro atoms. The van der Waals surface area contributed by atoms with E-state index in [1.54, 1.807) is 5.56 Å². The number of hydrogen-bond donors (Lipinski definition) is 0. The van der Waals surface area contributed by atoms with Crippen LogP contribution in [0.2, 0.25) is 0 Å². The molecule has 2 aromatic heterocycles. The largest absolute Gasteiger partial charge is 0.309 e. The van der Waals surface area contributed by atoms with E-state index in [0.717, 1.165) is 61.8 Å². The molecule has 4 heteroatoms. The van der Waals surface area contributed by atoms with Gasteiger partial charge in [0.15, 0.2) is 17.5 Å². The van der Waals surface area contributed by atoms with Crippen LogP contribution >= 0.6 is 0 Å². The van der Waals surface area contributed by atoms with Crippen molar-refractivity contribution in [2.24, 2.45) is 17.8 Å². The second-order valence-electron chi connectivity index (χ2n) is 19.5. The minimum atomic E-state index is 0.357. The molecule has 4 bridgehead atoms. The second-order valence-corrected chi connectivity index (χ2v) is 19.5. The molecule has 0 aliphatic heterocycles. The van der Waals surface area contributed by atoms with Crippen LogP contribution in [-0.2, 0) is 5.41 Å². The molecule has 4 fully saturated rings. The molecule has 0 unspecified atom stereocenters. The Morgan fingerprint density at radius 1 is 0.400 bits per heavy atom. The van der Waals surface area contributed by atoms with Crippen LogP contribution in [-0.4, -0.2) is 19.5 Å². The van der Waals surface area contributed by atoms with Crippen molar-refractivity contribution in [2.75, 3.05) is 0 Å². The highest BCUT2D eigenvalue weighted by Gasteiger charge is 2.51. The molecule has 11 aromatic rings. The van der Waals surface area contributed by atoms with Gasteiger partial charge in [-0.15, -0.1) is 0 Å². The Labute approximate surface area is 378 Å². The van der Waals surface area contributed by atoms with Crippen molar-refractivity contribution in [2.45, 2.75) is 43.9 Å². The van der Waals surface area contributed by atoms with Gasteiger partial charge in [0, 0.05) is 38.7 Å². The molecule has 9 aromatic carbocycles. The normalized spacial score (nSPS) is 20.2. The first-order valence-electron chi connectivity index (χ1n) is 23.5. The minimum absolute atomic E-state index is 0.357. The SMILES string of the molecule is c1ccc2cc(-c3nc(-c4ccc5ccccc5c4)nc(-c4cccc5c4c4cccc(-c6ccc(C78CC9CC(CC(C9)C7)C8)cc6)c4n5-c4ccc5ccccc5c4)n3)ccc2c1. The van der Waals surface area contributed by atoms with Crippen molar-refractivity contribution in [3.8, 4) is 51.0 Å². The van der Waals surface area contributed by atoms with Crippen molar-refractivity contribution in [1.29, 1.82) is 0 Å². The Morgan fingerprint density at radius 2 is 0.892 bits per heavy atom. The molecule has 15 rings (SSSR count). The quantitative estimate of drug-likeness (QED) is 0.168. The predicted octanol–water partition coefficient (Wildman–Crippen LogP) is 15.6. The molecule has 4 saturated carbocycles. The van der Waals surface area contributed by atoms with Crippen LogP contribution in [0.5, 0.6) is 0 Å². The smallest absolute Gasteiger partial charge is 0.164 e. The zero-order valence-corrected chi connectivity index (χ0v) is 36.2. The summed E-state index contributed by atoms with van der Waals surface area (Å²) >= 11 is 0. The zero-order chi connectivity index (χ0) is 42.6. The Kier molecular flexibility index (Phi) is 8.13. The summed E-state index contributed by atoms with van der Waals surface area (Å²) in [6, 6.07) is 68.8. The number of para-hydroxylation sites is 1. The fourth-order valence-electron chi connectivity index (χ4n) is 13.0. The standard InChI is InChI=1S/C61H46N4/c1-4-12-45-32-48(21-19-41(45)9-1)58-62-59(49-22-20-42-10-2-5-13-46(42)33-49)64-60(63-58)54-17-8-18-55-56(54)53-16-7-15-52(57(53)65(55)51-28-25-43-11-3-6-14-47(43)34-51)44-23-26-50(27-24-44)61-35-38-29-39(36-61)31-40(30-38)37-61/h1-28,32-34,38-40H,29-31,35-37H2. The van der Waals surface area contributed by atoms with Gasteiger partial charge >= 0.3 is 0 Å². The average Bonchev–Trinajstić information content (AvgIpc) is 3.70. The summed E-state index contributed by atoms with van der Waals surface area (Å²) in [6.45, 7) is 0. The molecule has 2 heterocycles. The topological polar surface area (TPSA) is 43.6 Å². The van der Waals surface area contributed by atoms with Gasteiger partial charge in [-0.2, -0.15) is 0 Å². The van der Waals surface area contributed by atoms with E-state index in [-0.39, 0.29) is 0 Å². The van der Waals surface area contributed by atoms with Gasteiger partial charge in [0.05, 0.1) is 11.0 Å². The highest BCUT2D eigenvalue weighted by atomic mass is 15.0. The summed E-state index contributed by atoms with van der Waals surface area (Å²) in [5, 5.41) is 9.41. The van der Waals surface area contributed by atoms with Crippen LogP contribution < -0.4 is 0 Å². The summed E-state index contributed by atoms with van der Waals surface area (Å²) in [5.74, 6) is 4.70. The molecule has 0 amide bonds. The van der Waals surface area contributed by atoms with E-state index in [1.807, 2.05) is 0 Å². The molecule has 4 nitrogen and oxygen atoms in total. The number of fused-ring (bicyclic) bond motifs is 6. The highest BCUT2D eigenvalue weighted by Crippen LogP contribution is 2.61. The molecule has 65 heavy (non-hydrogen) atoms. The van der Waals surface area contributed by atoms with Gasteiger partial charge in [-0.1, -0.05) is 158 Å². The number of rotatable bonds is 6. The molecule has 4 aliphatic carbocycles. The van der Waals surface area contributed by atoms with Crippen molar-refractivity contribution in [3.05, 3.63) is 194 Å². The first kappa shape index (κ1) is 37.0. The van der Waals surface area contributed by atoms with E-state index in [1.165, 1.54) is 82.1 Å². The summed E-state index contributed by atoms with van der Waals surface area (Å²) in [4.78, 5) is 16.0. The molecular weight excluding hydrogens is 789 g/mol. The van der Waals surface area contributed by atoms with E-state index in [2.05, 4.69) is 193 Å². The lowest BCUT2D eigenvalue weighted by Gasteiger charge is -2.57. The van der Waals surface area contributed by atoms with Crippen LogP contribution in [0.4, 0.5) is 0 Å². The Balaban J connectivity index is 0.996. The summed E-state index contributed by atoms with van der Waals surface area (Å²) < 4.78 is 2.48. The van der Waals surface area contributed by atoms with E-state index >= 15 is 0 Å². The Bertz CT molecular complexity index is 3580.